The smallest absolute Gasteiger partial charge is 0.191 e. The van der Waals surface area contributed by atoms with E-state index in [2.05, 4.69) is 22.2 Å². The Hall–Kier alpha value is -1.82. The maximum absolute atomic E-state index is 5.87. The number of methoxy groups -OCH3 is 1. The molecule has 0 fully saturated rings. The molecule has 0 radical (unpaired) electrons. The highest BCUT2D eigenvalue weighted by Crippen LogP contribution is 2.19. The third kappa shape index (κ3) is 8.40. The number of aliphatic imine (C=N–C) groups is 1. The lowest BCUT2D eigenvalue weighted by Crippen LogP contribution is -2.42. The molecular formula is C17H27N3O2S. The van der Waals surface area contributed by atoms with Crippen molar-refractivity contribution in [1.29, 1.82) is 0 Å². The maximum Gasteiger partial charge on any atom is 0.191 e. The molecular weight excluding hydrogens is 310 g/mol. The lowest BCUT2D eigenvalue weighted by molar-refractivity contribution is 0.223. The molecule has 0 aliphatic rings. The minimum atomic E-state index is 0.01000. The number of benzene rings is 1. The number of nitrogens with zero attached hydrogens (tertiary/aromatic N) is 1. The first kappa shape index (κ1) is 19.2. The standard InChI is InChI=1S/C17H27N3O2S/c1-5-10-23-11-9-19-17(18-3)20-13-14(2)22-16-8-6-7-15(12-16)21-4/h5-8,12,14H,1,9-11,13H2,2-4H3,(H2,18,19,20). The average Bonchev–Trinajstić information content (AvgIpc) is 2.57. The van der Waals surface area contributed by atoms with Gasteiger partial charge in [-0.1, -0.05) is 12.1 Å². The maximum atomic E-state index is 5.87. The summed E-state index contributed by atoms with van der Waals surface area (Å²) in [7, 11) is 3.41. The molecule has 128 valence electrons. The summed E-state index contributed by atoms with van der Waals surface area (Å²) in [5.74, 6) is 4.35. The largest absolute Gasteiger partial charge is 0.497 e. The summed E-state index contributed by atoms with van der Waals surface area (Å²) in [6.07, 6.45) is 1.92. The fraction of sp³-hybridized carbons (Fsp3) is 0.471. The van der Waals surface area contributed by atoms with Crippen LogP contribution in [0.3, 0.4) is 0 Å². The molecule has 1 aromatic carbocycles. The predicted octanol–water partition coefficient (Wildman–Crippen LogP) is 2.55. The average molecular weight is 337 g/mol. The highest BCUT2D eigenvalue weighted by atomic mass is 32.2. The van der Waals surface area contributed by atoms with E-state index in [1.54, 1.807) is 14.2 Å². The molecule has 0 heterocycles. The van der Waals surface area contributed by atoms with Crippen LogP contribution < -0.4 is 20.1 Å². The number of rotatable bonds is 10. The van der Waals surface area contributed by atoms with Gasteiger partial charge in [0.15, 0.2) is 5.96 Å². The number of guanidine groups is 1. The first-order chi connectivity index (χ1) is 11.2. The fourth-order valence-corrected chi connectivity index (χ4v) is 2.40. The number of hydrogen-bond donors (Lipinski definition) is 2. The van der Waals surface area contributed by atoms with Gasteiger partial charge in [0.25, 0.3) is 0 Å². The van der Waals surface area contributed by atoms with Gasteiger partial charge in [0, 0.05) is 31.2 Å². The summed E-state index contributed by atoms with van der Waals surface area (Å²) in [5, 5.41) is 6.54. The molecule has 2 N–H and O–H groups in total. The second kappa shape index (κ2) is 11.7. The van der Waals surface area contributed by atoms with Crippen molar-refractivity contribution in [3.05, 3.63) is 36.9 Å². The molecule has 6 heteroatoms. The van der Waals surface area contributed by atoms with E-state index in [0.29, 0.717) is 6.54 Å². The van der Waals surface area contributed by atoms with Gasteiger partial charge in [0.2, 0.25) is 0 Å². The van der Waals surface area contributed by atoms with Crippen molar-refractivity contribution >= 4 is 17.7 Å². The minimum absolute atomic E-state index is 0.01000. The first-order valence-corrected chi connectivity index (χ1v) is 8.79. The third-order valence-corrected chi connectivity index (χ3v) is 3.90. The van der Waals surface area contributed by atoms with Crippen LogP contribution in [0.25, 0.3) is 0 Å². The normalized spacial score (nSPS) is 12.4. The topological polar surface area (TPSA) is 54.9 Å². The Balaban J connectivity index is 2.29. The summed E-state index contributed by atoms with van der Waals surface area (Å²) in [4.78, 5) is 4.20. The molecule has 0 saturated carbocycles. The van der Waals surface area contributed by atoms with Gasteiger partial charge in [0.05, 0.1) is 13.7 Å². The van der Waals surface area contributed by atoms with Gasteiger partial charge in [-0.3, -0.25) is 4.99 Å². The Morgan fingerprint density at radius 3 is 2.87 bits per heavy atom. The number of hydrogen-bond acceptors (Lipinski definition) is 4. The second-order valence-corrected chi connectivity index (χ2v) is 6.00. The van der Waals surface area contributed by atoms with E-state index in [-0.39, 0.29) is 6.10 Å². The van der Waals surface area contributed by atoms with E-state index in [9.17, 15) is 0 Å². The Kier molecular flexibility index (Phi) is 9.79. The molecule has 0 aromatic heterocycles. The SMILES string of the molecule is C=CCSCCNC(=NC)NCC(C)Oc1cccc(OC)c1. The van der Waals surface area contributed by atoms with Crippen LogP contribution in [0.4, 0.5) is 0 Å². The second-order valence-electron chi connectivity index (χ2n) is 4.85. The van der Waals surface area contributed by atoms with Crippen LogP contribution in [0, 0.1) is 0 Å². The van der Waals surface area contributed by atoms with Gasteiger partial charge < -0.3 is 20.1 Å². The van der Waals surface area contributed by atoms with Crippen LogP contribution in [-0.4, -0.2) is 50.8 Å². The van der Waals surface area contributed by atoms with Crippen LogP contribution in [0.15, 0.2) is 41.9 Å². The highest BCUT2D eigenvalue weighted by molar-refractivity contribution is 7.99. The molecule has 5 nitrogen and oxygen atoms in total. The zero-order valence-corrected chi connectivity index (χ0v) is 15.0. The van der Waals surface area contributed by atoms with Crippen molar-refractivity contribution in [2.45, 2.75) is 13.0 Å². The van der Waals surface area contributed by atoms with E-state index >= 15 is 0 Å². The van der Waals surface area contributed by atoms with E-state index < -0.39 is 0 Å². The van der Waals surface area contributed by atoms with Gasteiger partial charge in [-0.2, -0.15) is 11.8 Å². The number of nitrogens with one attached hydrogen (secondary N) is 2. The highest BCUT2D eigenvalue weighted by Gasteiger charge is 2.06. The van der Waals surface area contributed by atoms with Crippen LogP contribution in [0.5, 0.6) is 11.5 Å². The van der Waals surface area contributed by atoms with Gasteiger partial charge in [-0.05, 0) is 19.1 Å². The monoisotopic (exact) mass is 337 g/mol. The van der Waals surface area contributed by atoms with E-state index in [1.165, 1.54) is 0 Å². The minimum Gasteiger partial charge on any atom is -0.497 e. The molecule has 0 aliphatic heterocycles. The molecule has 0 bridgehead atoms. The fourth-order valence-electron chi connectivity index (χ4n) is 1.82. The Morgan fingerprint density at radius 2 is 2.17 bits per heavy atom. The third-order valence-electron chi connectivity index (χ3n) is 2.93. The van der Waals surface area contributed by atoms with Crippen molar-refractivity contribution in [2.24, 2.45) is 4.99 Å². The zero-order valence-electron chi connectivity index (χ0n) is 14.2. The van der Waals surface area contributed by atoms with Gasteiger partial charge in [0.1, 0.15) is 17.6 Å². The number of ether oxygens (including phenoxy) is 2. The van der Waals surface area contributed by atoms with Crippen molar-refractivity contribution in [3.8, 4) is 11.5 Å². The molecule has 0 aliphatic carbocycles. The molecule has 1 unspecified atom stereocenters. The molecule has 1 atom stereocenters. The lowest BCUT2D eigenvalue weighted by atomic mass is 10.3. The molecule has 1 aromatic rings. The predicted molar refractivity (Wildman–Crippen MR) is 100.0 cm³/mol. The van der Waals surface area contributed by atoms with Crippen molar-refractivity contribution < 1.29 is 9.47 Å². The van der Waals surface area contributed by atoms with Gasteiger partial charge in [-0.15, -0.1) is 6.58 Å². The van der Waals surface area contributed by atoms with Crippen LogP contribution in [0.2, 0.25) is 0 Å². The molecule has 0 spiro atoms. The van der Waals surface area contributed by atoms with E-state index in [0.717, 1.165) is 35.5 Å². The molecule has 0 amide bonds. The van der Waals surface area contributed by atoms with Crippen molar-refractivity contribution in [1.82, 2.24) is 10.6 Å². The zero-order chi connectivity index (χ0) is 16.9. The quantitative estimate of drug-likeness (QED) is 0.297. The Morgan fingerprint density at radius 1 is 1.39 bits per heavy atom. The molecule has 1 rings (SSSR count). The van der Waals surface area contributed by atoms with Crippen molar-refractivity contribution in [2.75, 3.05) is 38.8 Å². The lowest BCUT2D eigenvalue weighted by Gasteiger charge is -2.18. The van der Waals surface area contributed by atoms with Crippen LogP contribution in [0.1, 0.15) is 6.92 Å². The summed E-state index contributed by atoms with van der Waals surface area (Å²) >= 11 is 1.84. The summed E-state index contributed by atoms with van der Waals surface area (Å²) < 4.78 is 11.1. The van der Waals surface area contributed by atoms with Crippen molar-refractivity contribution in [3.63, 3.8) is 0 Å². The summed E-state index contributed by atoms with van der Waals surface area (Å²) in [5.41, 5.74) is 0. The van der Waals surface area contributed by atoms with E-state index in [4.69, 9.17) is 9.47 Å². The van der Waals surface area contributed by atoms with Gasteiger partial charge in [-0.25, -0.2) is 0 Å². The van der Waals surface area contributed by atoms with Crippen LogP contribution in [-0.2, 0) is 0 Å². The molecule has 0 saturated heterocycles. The first-order valence-electron chi connectivity index (χ1n) is 7.63. The number of thioether (sulfide) groups is 1. The summed E-state index contributed by atoms with van der Waals surface area (Å²) in [6, 6.07) is 7.60. The van der Waals surface area contributed by atoms with Crippen LogP contribution >= 0.6 is 11.8 Å². The molecule has 23 heavy (non-hydrogen) atoms. The van der Waals surface area contributed by atoms with Gasteiger partial charge >= 0.3 is 0 Å². The Bertz CT molecular complexity index is 494. The summed E-state index contributed by atoms with van der Waals surface area (Å²) in [6.45, 7) is 7.25. The van der Waals surface area contributed by atoms with E-state index in [1.807, 2.05) is 49.0 Å². The Labute approximate surface area is 143 Å².